The number of benzene rings is 1. The van der Waals surface area contributed by atoms with Gasteiger partial charge >= 0.3 is 0 Å². The summed E-state index contributed by atoms with van der Waals surface area (Å²) in [6.45, 7) is 5.06. The summed E-state index contributed by atoms with van der Waals surface area (Å²) in [7, 11) is 1.63. The van der Waals surface area contributed by atoms with Crippen LogP contribution in [-0.2, 0) is 6.54 Å². The van der Waals surface area contributed by atoms with Crippen molar-refractivity contribution in [2.24, 2.45) is 0 Å². The Bertz CT molecular complexity index is 762. The van der Waals surface area contributed by atoms with Gasteiger partial charge in [0.25, 0.3) is 0 Å². The monoisotopic (exact) mass is 267 g/mol. The Morgan fingerprint density at radius 3 is 2.85 bits per heavy atom. The molecule has 2 heterocycles. The topological polar surface area (TPSA) is 39.9 Å². The molecule has 0 amide bonds. The molecule has 0 saturated carbocycles. The summed E-state index contributed by atoms with van der Waals surface area (Å²) < 4.78 is 7.20. The summed E-state index contributed by atoms with van der Waals surface area (Å²) in [5.41, 5.74) is 4.36. The fraction of sp³-hybridized carbons (Fsp3) is 0.250. The number of pyridine rings is 1. The zero-order chi connectivity index (χ0) is 14.1. The maximum atomic E-state index is 5.20. The van der Waals surface area contributed by atoms with Crippen LogP contribution in [0.25, 0.3) is 22.2 Å². The predicted octanol–water partition coefficient (Wildman–Crippen LogP) is 3.44. The molecule has 0 bridgehead atoms. The molecule has 0 unspecified atom stereocenters. The van der Waals surface area contributed by atoms with Crippen LogP contribution >= 0.6 is 0 Å². The van der Waals surface area contributed by atoms with Crippen molar-refractivity contribution in [3.8, 4) is 17.1 Å². The third-order valence-corrected chi connectivity index (χ3v) is 3.50. The Hall–Kier alpha value is -2.36. The maximum absolute atomic E-state index is 5.20. The first-order chi connectivity index (χ1) is 9.72. The van der Waals surface area contributed by atoms with Gasteiger partial charge in [-0.2, -0.15) is 5.10 Å². The van der Waals surface area contributed by atoms with Gasteiger partial charge in [-0.1, -0.05) is 6.07 Å². The molecule has 0 fully saturated rings. The van der Waals surface area contributed by atoms with Crippen molar-refractivity contribution in [1.29, 1.82) is 0 Å². The van der Waals surface area contributed by atoms with E-state index in [1.165, 1.54) is 10.9 Å². The molecule has 0 spiro atoms. The first-order valence-electron chi connectivity index (χ1n) is 6.70. The van der Waals surface area contributed by atoms with E-state index in [1.54, 1.807) is 7.11 Å². The molecule has 0 N–H and O–H groups in total. The van der Waals surface area contributed by atoms with Crippen LogP contribution in [0.3, 0.4) is 0 Å². The van der Waals surface area contributed by atoms with E-state index in [0.29, 0.717) is 5.88 Å². The fourth-order valence-corrected chi connectivity index (χ4v) is 2.44. The fourth-order valence-electron chi connectivity index (χ4n) is 2.44. The molecular weight excluding hydrogens is 250 g/mol. The van der Waals surface area contributed by atoms with Crippen LogP contribution in [-0.4, -0.2) is 21.9 Å². The van der Waals surface area contributed by atoms with Gasteiger partial charge in [0.15, 0.2) is 0 Å². The van der Waals surface area contributed by atoms with Gasteiger partial charge in [-0.15, -0.1) is 0 Å². The van der Waals surface area contributed by atoms with Gasteiger partial charge in [-0.25, -0.2) is 4.98 Å². The van der Waals surface area contributed by atoms with E-state index in [-0.39, 0.29) is 0 Å². The van der Waals surface area contributed by atoms with E-state index in [1.807, 2.05) is 29.1 Å². The van der Waals surface area contributed by atoms with Crippen molar-refractivity contribution >= 4 is 10.9 Å². The van der Waals surface area contributed by atoms with E-state index < -0.39 is 0 Å². The number of aryl methyl sites for hydroxylation is 2. The molecule has 0 radical (unpaired) electrons. The van der Waals surface area contributed by atoms with Crippen LogP contribution in [0, 0.1) is 6.92 Å². The number of rotatable bonds is 3. The average molecular weight is 267 g/mol. The third-order valence-electron chi connectivity index (χ3n) is 3.50. The number of hydrogen-bond acceptors (Lipinski definition) is 3. The molecule has 0 atom stereocenters. The molecule has 3 aromatic rings. The van der Waals surface area contributed by atoms with Crippen molar-refractivity contribution in [2.45, 2.75) is 20.4 Å². The van der Waals surface area contributed by atoms with E-state index in [0.717, 1.165) is 23.3 Å². The number of fused-ring (bicyclic) bond motifs is 1. The van der Waals surface area contributed by atoms with Crippen molar-refractivity contribution in [3.05, 3.63) is 42.1 Å². The average Bonchev–Trinajstić information content (AvgIpc) is 2.91. The molecular formula is C16H17N3O. The van der Waals surface area contributed by atoms with Crippen LogP contribution < -0.4 is 4.74 Å². The zero-order valence-corrected chi connectivity index (χ0v) is 11.9. The van der Waals surface area contributed by atoms with E-state index in [4.69, 9.17) is 4.74 Å². The van der Waals surface area contributed by atoms with Crippen molar-refractivity contribution in [2.75, 3.05) is 7.11 Å². The Morgan fingerprint density at radius 1 is 1.25 bits per heavy atom. The number of hydrogen-bond donors (Lipinski definition) is 0. The highest BCUT2D eigenvalue weighted by molar-refractivity contribution is 5.87. The molecule has 102 valence electrons. The standard InChI is InChI=1S/C16H17N3O/c1-4-19-15-9-12(8-11(2)13(15)10-17-19)14-6-5-7-16(18-14)20-3/h5-10H,4H2,1-3H3. The second-order valence-electron chi connectivity index (χ2n) is 4.75. The second kappa shape index (κ2) is 4.96. The number of nitrogens with zero attached hydrogens (tertiary/aromatic N) is 3. The quantitative estimate of drug-likeness (QED) is 0.730. The Balaban J connectivity index is 2.20. The minimum atomic E-state index is 0.629. The van der Waals surface area contributed by atoms with Gasteiger partial charge in [0.05, 0.1) is 24.5 Å². The first kappa shape index (κ1) is 12.7. The lowest BCUT2D eigenvalue weighted by atomic mass is 10.0. The minimum absolute atomic E-state index is 0.629. The van der Waals surface area contributed by atoms with Crippen LogP contribution in [0.2, 0.25) is 0 Å². The zero-order valence-electron chi connectivity index (χ0n) is 11.9. The minimum Gasteiger partial charge on any atom is -0.481 e. The lowest BCUT2D eigenvalue weighted by Crippen LogP contribution is -1.96. The lowest BCUT2D eigenvalue weighted by molar-refractivity contribution is 0.398. The van der Waals surface area contributed by atoms with Crippen LogP contribution in [0.1, 0.15) is 12.5 Å². The van der Waals surface area contributed by atoms with Crippen LogP contribution in [0.4, 0.5) is 0 Å². The van der Waals surface area contributed by atoms with Crippen molar-refractivity contribution < 1.29 is 4.74 Å². The molecule has 0 saturated heterocycles. The van der Waals surface area contributed by atoms with Gasteiger partial charge in [-0.05, 0) is 37.6 Å². The molecule has 0 aliphatic carbocycles. The van der Waals surface area contributed by atoms with Gasteiger partial charge in [0, 0.05) is 23.6 Å². The molecule has 0 aliphatic rings. The Morgan fingerprint density at radius 2 is 2.10 bits per heavy atom. The van der Waals surface area contributed by atoms with E-state index in [2.05, 4.69) is 36.1 Å². The second-order valence-corrected chi connectivity index (χ2v) is 4.75. The lowest BCUT2D eigenvalue weighted by Gasteiger charge is -2.07. The molecule has 3 rings (SSSR count). The summed E-state index contributed by atoms with van der Waals surface area (Å²) in [6, 6.07) is 10.1. The van der Waals surface area contributed by atoms with E-state index >= 15 is 0 Å². The van der Waals surface area contributed by atoms with Gasteiger partial charge in [0.1, 0.15) is 0 Å². The summed E-state index contributed by atoms with van der Waals surface area (Å²) >= 11 is 0. The largest absolute Gasteiger partial charge is 0.481 e. The van der Waals surface area contributed by atoms with E-state index in [9.17, 15) is 0 Å². The highest BCUT2D eigenvalue weighted by Gasteiger charge is 2.09. The number of methoxy groups -OCH3 is 1. The van der Waals surface area contributed by atoms with Crippen molar-refractivity contribution in [3.63, 3.8) is 0 Å². The SMILES string of the molecule is CCn1ncc2c(C)cc(-c3cccc(OC)n3)cc21. The summed E-state index contributed by atoms with van der Waals surface area (Å²) in [5.74, 6) is 0.629. The number of aromatic nitrogens is 3. The summed E-state index contributed by atoms with van der Waals surface area (Å²) in [5, 5.41) is 5.61. The van der Waals surface area contributed by atoms with Gasteiger partial charge < -0.3 is 4.74 Å². The Labute approximate surface area is 118 Å². The van der Waals surface area contributed by atoms with Crippen molar-refractivity contribution in [1.82, 2.24) is 14.8 Å². The summed E-state index contributed by atoms with van der Waals surface area (Å²) in [6.07, 6.45) is 1.93. The molecule has 2 aromatic heterocycles. The highest BCUT2D eigenvalue weighted by Crippen LogP contribution is 2.27. The van der Waals surface area contributed by atoms with Crippen LogP contribution in [0.5, 0.6) is 5.88 Å². The predicted molar refractivity (Wildman–Crippen MR) is 79.9 cm³/mol. The first-order valence-corrected chi connectivity index (χ1v) is 6.70. The molecule has 20 heavy (non-hydrogen) atoms. The third kappa shape index (κ3) is 2.03. The molecule has 1 aromatic carbocycles. The normalized spacial score (nSPS) is 10.9. The van der Waals surface area contributed by atoms with Crippen LogP contribution in [0.15, 0.2) is 36.5 Å². The smallest absolute Gasteiger partial charge is 0.213 e. The molecule has 4 nitrogen and oxygen atoms in total. The molecule has 0 aliphatic heterocycles. The summed E-state index contributed by atoms with van der Waals surface area (Å²) in [4.78, 5) is 4.50. The number of ether oxygens (including phenoxy) is 1. The van der Waals surface area contributed by atoms with Gasteiger partial charge in [-0.3, -0.25) is 4.68 Å². The maximum Gasteiger partial charge on any atom is 0.213 e. The Kier molecular flexibility index (Phi) is 3.14. The highest BCUT2D eigenvalue weighted by atomic mass is 16.5. The molecule has 4 heteroatoms. The van der Waals surface area contributed by atoms with Gasteiger partial charge in [0.2, 0.25) is 5.88 Å².